The van der Waals surface area contributed by atoms with Gasteiger partial charge in [0.15, 0.2) is 0 Å². The van der Waals surface area contributed by atoms with Crippen LogP contribution in [-0.4, -0.2) is 10.2 Å². The smallest absolute Gasteiger partial charge is 0.117 e. The molecule has 4 nitrogen and oxygen atoms in total. The summed E-state index contributed by atoms with van der Waals surface area (Å²) in [6.07, 6.45) is 0. The molecular formula is C36H28N2O2. The molecule has 0 spiro atoms. The van der Waals surface area contributed by atoms with Gasteiger partial charge in [0, 0.05) is 46.3 Å². The minimum Gasteiger partial charge on any atom is -0.508 e. The molecule has 40 heavy (non-hydrogen) atoms. The first-order valence-corrected chi connectivity index (χ1v) is 13.1. The Morgan fingerprint density at radius 2 is 0.625 bits per heavy atom. The molecule has 0 amide bonds. The molecule has 6 aromatic carbocycles. The normalized spacial score (nSPS) is 10.7. The Hall–Kier alpha value is -5.48. The number of rotatable bonds is 7. The van der Waals surface area contributed by atoms with Crippen LogP contribution in [0.3, 0.4) is 0 Å². The van der Waals surface area contributed by atoms with E-state index in [9.17, 15) is 10.2 Å². The van der Waals surface area contributed by atoms with E-state index in [1.165, 1.54) is 0 Å². The Morgan fingerprint density at radius 1 is 0.300 bits per heavy atom. The van der Waals surface area contributed by atoms with E-state index >= 15 is 0 Å². The van der Waals surface area contributed by atoms with E-state index in [0.29, 0.717) is 0 Å². The number of nitrogens with zero attached hydrogens (tertiary/aromatic N) is 2. The van der Waals surface area contributed by atoms with Crippen LogP contribution in [0, 0.1) is 0 Å². The van der Waals surface area contributed by atoms with Crippen LogP contribution in [0.2, 0.25) is 0 Å². The molecule has 4 heteroatoms. The van der Waals surface area contributed by atoms with Gasteiger partial charge in [0.2, 0.25) is 0 Å². The molecule has 0 aliphatic rings. The van der Waals surface area contributed by atoms with Gasteiger partial charge in [-0.25, -0.2) is 0 Å². The highest BCUT2D eigenvalue weighted by Gasteiger charge is 2.15. The zero-order valence-electron chi connectivity index (χ0n) is 21.8. The van der Waals surface area contributed by atoms with Gasteiger partial charge < -0.3 is 20.0 Å². The average Bonchev–Trinajstić information content (AvgIpc) is 3.00. The predicted octanol–water partition coefficient (Wildman–Crippen LogP) is 9.70. The van der Waals surface area contributed by atoms with E-state index in [1.807, 2.05) is 60.7 Å². The van der Waals surface area contributed by atoms with Gasteiger partial charge in [0.1, 0.15) is 11.5 Å². The highest BCUT2D eigenvalue weighted by Crippen LogP contribution is 2.38. The van der Waals surface area contributed by atoms with Gasteiger partial charge in [-0.1, -0.05) is 72.8 Å². The molecule has 0 saturated heterocycles. The maximum Gasteiger partial charge on any atom is 0.117 e. The number of benzene rings is 6. The fourth-order valence-electron chi connectivity index (χ4n) is 4.92. The number of aromatic hydroxyl groups is 2. The van der Waals surface area contributed by atoms with E-state index < -0.39 is 0 Å². The van der Waals surface area contributed by atoms with Crippen LogP contribution in [0.4, 0.5) is 34.1 Å². The summed E-state index contributed by atoms with van der Waals surface area (Å²) in [6, 6.07) is 51.7. The number of anilines is 6. The molecule has 0 aliphatic heterocycles. The van der Waals surface area contributed by atoms with E-state index in [2.05, 4.69) is 82.6 Å². The van der Waals surface area contributed by atoms with Gasteiger partial charge in [-0.2, -0.15) is 0 Å². The van der Waals surface area contributed by atoms with Gasteiger partial charge in [0.25, 0.3) is 0 Å². The van der Waals surface area contributed by atoms with Crippen molar-refractivity contribution in [3.8, 4) is 22.6 Å². The quantitative estimate of drug-likeness (QED) is 0.220. The Labute approximate surface area is 234 Å². The lowest BCUT2D eigenvalue weighted by molar-refractivity contribution is 0.475. The summed E-state index contributed by atoms with van der Waals surface area (Å²) in [6.45, 7) is 0. The summed E-state index contributed by atoms with van der Waals surface area (Å²) in [4.78, 5) is 4.25. The van der Waals surface area contributed by atoms with Gasteiger partial charge in [0.05, 0.1) is 0 Å². The monoisotopic (exact) mass is 520 g/mol. The second kappa shape index (κ2) is 11.1. The summed E-state index contributed by atoms with van der Waals surface area (Å²) in [5.41, 5.74) is 7.99. The lowest BCUT2D eigenvalue weighted by Gasteiger charge is -2.26. The Balaban J connectivity index is 1.32. The first-order chi connectivity index (χ1) is 19.7. The molecule has 0 bridgehead atoms. The van der Waals surface area contributed by atoms with Gasteiger partial charge in [-0.15, -0.1) is 0 Å². The van der Waals surface area contributed by atoms with Crippen LogP contribution >= 0.6 is 0 Å². The van der Waals surface area contributed by atoms with E-state index in [1.54, 1.807) is 24.3 Å². The third-order valence-electron chi connectivity index (χ3n) is 6.79. The number of hydrogen-bond acceptors (Lipinski definition) is 4. The first kappa shape index (κ1) is 24.8. The Kier molecular flexibility index (Phi) is 6.89. The summed E-state index contributed by atoms with van der Waals surface area (Å²) in [5.74, 6) is 0.454. The maximum absolute atomic E-state index is 10.1. The van der Waals surface area contributed by atoms with Gasteiger partial charge in [-0.3, -0.25) is 0 Å². The van der Waals surface area contributed by atoms with Gasteiger partial charge in [-0.05, 0) is 83.9 Å². The summed E-state index contributed by atoms with van der Waals surface area (Å²) in [7, 11) is 0. The molecule has 0 radical (unpaired) electrons. The third kappa shape index (κ3) is 5.24. The molecule has 0 saturated carbocycles. The third-order valence-corrected chi connectivity index (χ3v) is 6.79. The molecule has 6 rings (SSSR count). The molecule has 0 aromatic heterocycles. The average molecular weight is 521 g/mol. The van der Waals surface area contributed by atoms with Crippen molar-refractivity contribution in [2.24, 2.45) is 0 Å². The second-order valence-electron chi connectivity index (χ2n) is 9.48. The molecule has 194 valence electrons. The minimum absolute atomic E-state index is 0.227. The fourth-order valence-corrected chi connectivity index (χ4v) is 4.92. The highest BCUT2D eigenvalue weighted by atomic mass is 16.3. The van der Waals surface area contributed by atoms with Crippen molar-refractivity contribution in [1.82, 2.24) is 0 Å². The standard InChI is InChI=1S/C36H28N2O2/c39-35-15-7-13-33(25-35)37(29-9-3-1-4-10-29)31-21-17-27(18-22-31)28-19-23-32(24-20-28)38(30-11-5-2-6-12-30)34-14-8-16-36(40)26-34/h1-26,39-40H. The largest absolute Gasteiger partial charge is 0.508 e. The molecule has 0 aliphatic carbocycles. The van der Waals surface area contributed by atoms with Gasteiger partial charge >= 0.3 is 0 Å². The van der Waals surface area contributed by atoms with Crippen molar-refractivity contribution in [2.75, 3.05) is 9.80 Å². The second-order valence-corrected chi connectivity index (χ2v) is 9.48. The van der Waals surface area contributed by atoms with Crippen LogP contribution in [0.5, 0.6) is 11.5 Å². The molecule has 0 fully saturated rings. The van der Waals surface area contributed by atoms with Crippen LogP contribution < -0.4 is 9.80 Å². The zero-order chi connectivity index (χ0) is 27.3. The molecule has 2 N–H and O–H groups in total. The SMILES string of the molecule is Oc1cccc(N(c2ccccc2)c2ccc(-c3ccc(N(c4ccccc4)c4cccc(O)c4)cc3)cc2)c1. The van der Waals surface area contributed by atoms with E-state index in [-0.39, 0.29) is 11.5 Å². The zero-order valence-corrected chi connectivity index (χ0v) is 21.8. The summed E-state index contributed by atoms with van der Waals surface area (Å²) < 4.78 is 0. The van der Waals surface area contributed by atoms with Crippen LogP contribution in [0.15, 0.2) is 158 Å². The summed E-state index contributed by atoms with van der Waals surface area (Å²) >= 11 is 0. The first-order valence-electron chi connectivity index (χ1n) is 13.1. The van der Waals surface area contributed by atoms with Crippen molar-refractivity contribution in [3.63, 3.8) is 0 Å². The fraction of sp³-hybridized carbons (Fsp3) is 0. The molecule has 0 unspecified atom stereocenters. The van der Waals surface area contributed by atoms with E-state index in [4.69, 9.17) is 0 Å². The van der Waals surface area contributed by atoms with Crippen LogP contribution in [-0.2, 0) is 0 Å². The highest BCUT2D eigenvalue weighted by molar-refractivity contribution is 5.81. The Bertz CT molecular complexity index is 1570. The number of para-hydroxylation sites is 2. The lowest BCUT2D eigenvalue weighted by atomic mass is 10.0. The van der Waals surface area contributed by atoms with Crippen LogP contribution in [0.1, 0.15) is 0 Å². The summed E-state index contributed by atoms with van der Waals surface area (Å²) in [5, 5.41) is 20.3. The molecule has 6 aromatic rings. The van der Waals surface area contributed by atoms with Crippen molar-refractivity contribution >= 4 is 34.1 Å². The topological polar surface area (TPSA) is 46.9 Å². The number of hydrogen-bond donors (Lipinski definition) is 2. The molecule has 0 atom stereocenters. The van der Waals surface area contributed by atoms with Crippen LogP contribution in [0.25, 0.3) is 11.1 Å². The van der Waals surface area contributed by atoms with Crippen molar-refractivity contribution in [3.05, 3.63) is 158 Å². The molecule has 0 heterocycles. The minimum atomic E-state index is 0.227. The molecular weight excluding hydrogens is 492 g/mol. The number of phenolic OH excluding ortho intramolecular Hbond substituents is 2. The van der Waals surface area contributed by atoms with E-state index in [0.717, 1.165) is 45.3 Å². The Morgan fingerprint density at radius 3 is 0.975 bits per heavy atom. The maximum atomic E-state index is 10.1. The van der Waals surface area contributed by atoms with Crippen molar-refractivity contribution < 1.29 is 10.2 Å². The van der Waals surface area contributed by atoms with Crippen molar-refractivity contribution in [1.29, 1.82) is 0 Å². The van der Waals surface area contributed by atoms with Crippen molar-refractivity contribution in [2.45, 2.75) is 0 Å². The predicted molar refractivity (Wildman–Crippen MR) is 165 cm³/mol. The number of phenols is 2. The lowest BCUT2D eigenvalue weighted by Crippen LogP contribution is -2.09.